The van der Waals surface area contributed by atoms with Gasteiger partial charge < -0.3 is 0 Å². The van der Waals surface area contributed by atoms with Gasteiger partial charge in [-0.15, -0.1) is 11.3 Å². The molecular weight excluding hydrogens is 370 g/mol. The van der Waals surface area contributed by atoms with E-state index in [2.05, 4.69) is 4.98 Å². The number of non-ortho nitro benzene ring substituents is 1. The molecule has 1 heterocycles. The highest BCUT2D eigenvalue weighted by molar-refractivity contribution is 8.02. The van der Waals surface area contributed by atoms with Gasteiger partial charge in [-0.25, -0.2) is 13.8 Å². The quantitative estimate of drug-likeness (QED) is 0.274. The van der Waals surface area contributed by atoms with Crippen LogP contribution in [-0.2, 0) is 0 Å². The highest BCUT2D eigenvalue weighted by atomic mass is 32.2. The van der Waals surface area contributed by atoms with E-state index >= 15 is 0 Å². The number of fused-ring (bicyclic) bond motifs is 1. The standard InChI is InChI=1S/C16H10F2N2O3S2/c1-8(15(21)9-2-4-11(17)12(18)6-9)24-16-19-13-5-3-10(20(22)23)7-14(13)25-16/h2-8H,1H3/t8-/m1/s1. The van der Waals surface area contributed by atoms with Crippen molar-refractivity contribution in [2.24, 2.45) is 0 Å². The first-order valence-corrected chi connectivity index (χ1v) is 8.75. The van der Waals surface area contributed by atoms with Crippen LogP contribution in [-0.4, -0.2) is 20.9 Å². The number of rotatable bonds is 5. The number of nitro groups is 1. The Bertz CT molecular complexity index is 991. The Morgan fingerprint density at radius 3 is 2.68 bits per heavy atom. The van der Waals surface area contributed by atoms with Gasteiger partial charge in [-0.1, -0.05) is 11.8 Å². The van der Waals surface area contributed by atoms with Crippen LogP contribution in [0.2, 0.25) is 0 Å². The third kappa shape index (κ3) is 3.67. The smallest absolute Gasteiger partial charge is 0.270 e. The van der Waals surface area contributed by atoms with Gasteiger partial charge in [0.05, 0.1) is 20.4 Å². The van der Waals surface area contributed by atoms with E-state index in [4.69, 9.17) is 0 Å². The number of thioether (sulfide) groups is 1. The van der Waals surface area contributed by atoms with Crippen molar-refractivity contribution in [1.82, 2.24) is 4.98 Å². The molecular formula is C16H10F2N2O3S2. The first kappa shape index (κ1) is 17.4. The van der Waals surface area contributed by atoms with E-state index in [0.29, 0.717) is 14.6 Å². The van der Waals surface area contributed by atoms with Gasteiger partial charge in [0, 0.05) is 17.7 Å². The number of carbonyl (C=O) groups is 1. The summed E-state index contributed by atoms with van der Waals surface area (Å²) >= 11 is 2.40. The second kappa shape index (κ2) is 6.85. The molecule has 0 bridgehead atoms. The number of benzene rings is 2. The van der Waals surface area contributed by atoms with Crippen LogP contribution in [0.1, 0.15) is 17.3 Å². The number of aromatic nitrogens is 1. The lowest BCUT2D eigenvalue weighted by Crippen LogP contribution is -2.13. The molecule has 0 spiro atoms. The van der Waals surface area contributed by atoms with Crippen molar-refractivity contribution < 1.29 is 18.5 Å². The summed E-state index contributed by atoms with van der Waals surface area (Å²) in [4.78, 5) is 27.0. The van der Waals surface area contributed by atoms with E-state index in [9.17, 15) is 23.7 Å². The van der Waals surface area contributed by atoms with Crippen molar-refractivity contribution in [1.29, 1.82) is 0 Å². The minimum Gasteiger partial charge on any atom is -0.293 e. The number of halogens is 2. The molecule has 9 heteroatoms. The van der Waals surface area contributed by atoms with Crippen LogP contribution in [0.4, 0.5) is 14.5 Å². The molecule has 2 aromatic carbocycles. The van der Waals surface area contributed by atoms with E-state index < -0.39 is 21.8 Å². The Morgan fingerprint density at radius 1 is 1.24 bits per heavy atom. The van der Waals surface area contributed by atoms with Crippen molar-refractivity contribution in [3.05, 3.63) is 63.7 Å². The van der Waals surface area contributed by atoms with Crippen LogP contribution in [0.15, 0.2) is 40.7 Å². The molecule has 0 saturated heterocycles. The minimum absolute atomic E-state index is 0.0291. The number of thiazole rings is 1. The molecule has 3 aromatic rings. The van der Waals surface area contributed by atoms with Gasteiger partial charge in [0.15, 0.2) is 21.8 Å². The van der Waals surface area contributed by atoms with E-state index in [-0.39, 0.29) is 17.0 Å². The van der Waals surface area contributed by atoms with Crippen LogP contribution < -0.4 is 0 Å². The van der Waals surface area contributed by atoms with Crippen LogP contribution in [0.3, 0.4) is 0 Å². The lowest BCUT2D eigenvalue weighted by Gasteiger charge is -2.08. The number of ketones is 1. The summed E-state index contributed by atoms with van der Waals surface area (Å²) in [6.07, 6.45) is 0. The molecule has 0 aliphatic heterocycles. The van der Waals surface area contributed by atoms with Crippen molar-refractivity contribution in [3.8, 4) is 0 Å². The Labute approximate surface area is 148 Å². The van der Waals surface area contributed by atoms with Crippen LogP contribution in [0.5, 0.6) is 0 Å². The van der Waals surface area contributed by atoms with Gasteiger partial charge >= 0.3 is 0 Å². The fraction of sp³-hybridized carbons (Fsp3) is 0.125. The van der Waals surface area contributed by atoms with Gasteiger partial charge in [0.1, 0.15) is 0 Å². The Kier molecular flexibility index (Phi) is 4.78. The Morgan fingerprint density at radius 2 is 2.00 bits per heavy atom. The molecule has 5 nitrogen and oxygen atoms in total. The topological polar surface area (TPSA) is 73.1 Å². The first-order chi connectivity index (χ1) is 11.8. The predicted molar refractivity (Wildman–Crippen MR) is 92.3 cm³/mol. The zero-order valence-electron chi connectivity index (χ0n) is 12.7. The molecule has 0 radical (unpaired) electrons. The summed E-state index contributed by atoms with van der Waals surface area (Å²) in [5.41, 5.74) is 0.653. The second-order valence-corrected chi connectivity index (χ2v) is 7.76. The zero-order chi connectivity index (χ0) is 18.1. The summed E-state index contributed by atoms with van der Waals surface area (Å²) in [5, 5.41) is 10.2. The maximum absolute atomic E-state index is 13.3. The average molecular weight is 380 g/mol. The summed E-state index contributed by atoms with van der Waals surface area (Å²) < 4.78 is 27.5. The second-order valence-electron chi connectivity index (χ2n) is 5.14. The Hall–Kier alpha value is -2.39. The van der Waals surface area contributed by atoms with Gasteiger partial charge in [-0.2, -0.15) is 0 Å². The Balaban J connectivity index is 1.81. The number of Topliss-reactive ketones (excluding diaryl/α,β-unsaturated/α-hetero) is 1. The number of hydrogen-bond acceptors (Lipinski definition) is 6. The van der Waals surface area contributed by atoms with Crippen molar-refractivity contribution in [3.63, 3.8) is 0 Å². The molecule has 3 rings (SSSR count). The lowest BCUT2D eigenvalue weighted by molar-refractivity contribution is -0.384. The zero-order valence-corrected chi connectivity index (χ0v) is 14.4. The van der Waals surface area contributed by atoms with Gasteiger partial charge in [-0.05, 0) is 31.2 Å². The molecule has 0 amide bonds. The molecule has 1 atom stereocenters. The average Bonchev–Trinajstić information content (AvgIpc) is 2.97. The number of carbonyl (C=O) groups excluding carboxylic acids is 1. The van der Waals surface area contributed by atoms with Crippen molar-refractivity contribution in [2.75, 3.05) is 0 Å². The maximum Gasteiger partial charge on any atom is 0.270 e. The fourth-order valence-electron chi connectivity index (χ4n) is 2.14. The van der Waals surface area contributed by atoms with Gasteiger partial charge in [0.2, 0.25) is 0 Å². The number of hydrogen-bond donors (Lipinski definition) is 0. The molecule has 128 valence electrons. The normalized spacial score (nSPS) is 12.3. The number of nitro benzene ring substituents is 1. The van der Waals surface area contributed by atoms with E-state index in [1.807, 2.05) is 0 Å². The first-order valence-electron chi connectivity index (χ1n) is 7.06. The molecule has 0 aliphatic rings. The van der Waals surface area contributed by atoms with Crippen LogP contribution >= 0.6 is 23.1 Å². The third-order valence-electron chi connectivity index (χ3n) is 3.41. The monoisotopic (exact) mass is 380 g/mol. The summed E-state index contributed by atoms with van der Waals surface area (Å²) in [6, 6.07) is 7.37. The molecule has 0 N–H and O–H groups in total. The molecule has 0 aliphatic carbocycles. The molecule has 1 aromatic heterocycles. The van der Waals surface area contributed by atoms with Crippen LogP contribution in [0, 0.1) is 21.7 Å². The highest BCUT2D eigenvalue weighted by Crippen LogP contribution is 2.34. The van der Waals surface area contributed by atoms with Gasteiger partial charge in [-0.3, -0.25) is 14.9 Å². The summed E-state index contributed by atoms with van der Waals surface area (Å²) in [6.45, 7) is 1.64. The molecule has 0 saturated carbocycles. The van der Waals surface area contributed by atoms with Crippen molar-refractivity contribution in [2.45, 2.75) is 16.5 Å². The highest BCUT2D eigenvalue weighted by Gasteiger charge is 2.20. The summed E-state index contributed by atoms with van der Waals surface area (Å²) in [7, 11) is 0. The van der Waals surface area contributed by atoms with Crippen molar-refractivity contribution >= 4 is 44.8 Å². The predicted octanol–water partition coefficient (Wildman–Crippen LogP) is 4.85. The number of nitrogens with zero attached hydrogens (tertiary/aromatic N) is 2. The van der Waals surface area contributed by atoms with Gasteiger partial charge in [0.25, 0.3) is 5.69 Å². The van der Waals surface area contributed by atoms with Crippen LogP contribution in [0.25, 0.3) is 10.2 Å². The SMILES string of the molecule is C[C@@H](Sc1nc2ccc([N+](=O)[O-])cc2s1)C(=O)c1ccc(F)c(F)c1. The fourth-order valence-corrected chi connectivity index (χ4v) is 4.47. The molecule has 25 heavy (non-hydrogen) atoms. The largest absolute Gasteiger partial charge is 0.293 e. The maximum atomic E-state index is 13.3. The summed E-state index contributed by atoms with van der Waals surface area (Å²) in [5.74, 6) is -2.44. The molecule has 0 fully saturated rings. The van der Waals surface area contributed by atoms with E-state index in [1.165, 1.54) is 41.3 Å². The molecule has 0 unspecified atom stereocenters. The van der Waals surface area contributed by atoms with E-state index in [0.717, 1.165) is 12.1 Å². The lowest BCUT2D eigenvalue weighted by atomic mass is 10.1. The van der Waals surface area contributed by atoms with E-state index in [1.54, 1.807) is 13.0 Å². The third-order valence-corrected chi connectivity index (χ3v) is 5.63. The minimum atomic E-state index is -1.07.